The van der Waals surface area contributed by atoms with E-state index in [0.29, 0.717) is 25.1 Å². The molecule has 1 amide bonds. The average Bonchev–Trinajstić information content (AvgIpc) is 2.94. The van der Waals surface area contributed by atoms with Crippen LogP contribution in [0.1, 0.15) is 19.3 Å². The molecular formula is C13H16N2O3S2. The Labute approximate surface area is 125 Å². The minimum Gasteiger partial charge on any atom is -0.480 e. The Balaban J connectivity index is 1.71. The number of amides is 1. The summed E-state index contributed by atoms with van der Waals surface area (Å²) in [5, 5.41) is 9.95. The van der Waals surface area contributed by atoms with Crippen molar-refractivity contribution >= 4 is 33.5 Å². The molecule has 1 atom stereocenters. The molecule has 1 aliphatic rings. The van der Waals surface area contributed by atoms with E-state index in [1.165, 1.54) is 15.7 Å². The van der Waals surface area contributed by atoms with Crippen LogP contribution in [-0.2, 0) is 9.59 Å². The predicted molar refractivity (Wildman–Crippen MR) is 79.5 cm³/mol. The van der Waals surface area contributed by atoms with Gasteiger partial charge in [0.2, 0.25) is 5.91 Å². The quantitative estimate of drug-likeness (QED) is 0.642. The molecule has 2 rings (SSSR count). The van der Waals surface area contributed by atoms with Crippen molar-refractivity contribution in [1.29, 1.82) is 0 Å². The van der Waals surface area contributed by atoms with Crippen LogP contribution < -0.4 is 0 Å². The number of likely N-dealkylation sites (tertiary alicyclic amines) is 1. The minimum atomic E-state index is -0.897. The first-order chi connectivity index (χ1) is 9.68. The second-order valence-corrected chi connectivity index (χ2v) is 6.84. The Morgan fingerprint density at radius 3 is 3.00 bits per heavy atom. The maximum atomic E-state index is 12.0. The van der Waals surface area contributed by atoms with Crippen LogP contribution in [-0.4, -0.2) is 45.2 Å². The molecule has 1 aliphatic heterocycles. The normalized spacial score (nSPS) is 18.2. The first kappa shape index (κ1) is 15.2. The van der Waals surface area contributed by atoms with E-state index in [9.17, 15) is 9.59 Å². The summed E-state index contributed by atoms with van der Waals surface area (Å²) < 4.78 is 0. The molecule has 2 heterocycles. The van der Waals surface area contributed by atoms with Crippen molar-refractivity contribution in [2.45, 2.75) is 30.3 Å². The summed E-state index contributed by atoms with van der Waals surface area (Å²) >= 11 is 0. The van der Waals surface area contributed by atoms with Crippen LogP contribution in [0.3, 0.4) is 0 Å². The van der Waals surface area contributed by atoms with Gasteiger partial charge in [-0.15, -0.1) is 0 Å². The van der Waals surface area contributed by atoms with Gasteiger partial charge < -0.3 is 10.0 Å². The topological polar surface area (TPSA) is 70.5 Å². The highest BCUT2D eigenvalue weighted by atomic mass is 33.1. The van der Waals surface area contributed by atoms with Crippen molar-refractivity contribution in [2.24, 2.45) is 0 Å². The molecule has 108 valence electrons. The molecule has 1 fully saturated rings. The lowest BCUT2D eigenvalue weighted by Crippen LogP contribution is -2.40. The third kappa shape index (κ3) is 4.14. The monoisotopic (exact) mass is 312 g/mol. The van der Waals surface area contributed by atoms with E-state index < -0.39 is 12.0 Å². The van der Waals surface area contributed by atoms with Crippen molar-refractivity contribution in [2.75, 3.05) is 12.3 Å². The molecule has 1 saturated heterocycles. The molecule has 0 unspecified atom stereocenters. The highest BCUT2D eigenvalue weighted by Gasteiger charge is 2.33. The van der Waals surface area contributed by atoms with Crippen LogP contribution in [0.2, 0.25) is 0 Å². The van der Waals surface area contributed by atoms with Gasteiger partial charge in [-0.2, -0.15) is 0 Å². The molecule has 0 saturated carbocycles. The smallest absolute Gasteiger partial charge is 0.326 e. The molecule has 1 aromatic rings. The Hall–Kier alpha value is -1.21. The molecular weight excluding hydrogens is 296 g/mol. The number of aromatic nitrogens is 1. The van der Waals surface area contributed by atoms with Crippen LogP contribution in [0.25, 0.3) is 0 Å². The van der Waals surface area contributed by atoms with Crippen LogP contribution in [0, 0.1) is 0 Å². The highest BCUT2D eigenvalue weighted by molar-refractivity contribution is 8.76. The highest BCUT2D eigenvalue weighted by Crippen LogP contribution is 2.30. The Bertz CT molecular complexity index is 470. The number of carbonyl (C=O) groups is 2. The molecule has 1 aromatic heterocycles. The third-order valence-corrected chi connectivity index (χ3v) is 5.31. The lowest BCUT2D eigenvalue weighted by Gasteiger charge is -2.21. The van der Waals surface area contributed by atoms with Crippen LogP contribution in [0.5, 0.6) is 0 Å². The Morgan fingerprint density at radius 1 is 1.45 bits per heavy atom. The number of rotatable bonds is 6. The molecule has 20 heavy (non-hydrogen) atoms. The molecule has 0 aromatic carbocycles. The van der Waals surface area contributed by atoms with Crippen LogP contribution in [0.4, 0.5) is 0 Å². The molecule has 0 aliphatic carbocycles. The van der Waals surface area contributed by atoms with Crippen molar-refractivity contribution in [3.05, 3.63) is 24.4 Å². The van der Waals surface area contributed by atoms with Gasteiger partial charge >= 0.3 is 5.97 Å². The molecule has 1 N–H and O–H groups in total. The molecule has 7 heteroatoms. The maximum absolute atomic E-state index is 12.0. The van der Waals surface area contributed by atoms with Gasteiger partial charge in [0.25, 0.3) is 0 Å². The number of carboxylic acid groups (broad SMARTS) is 1. The summed E-state index contributed by atoms with van der Waals surface area (Å²) in [7, 11) is 3.09. The van der Waals surface area contributed by atoms with Crippen LogP contribution in [0.15, 0.2) is 29.4 Å². The van der Waals surface area contributed by atoms with Crippen molar-refractivity contribution in [3.8, 4) is 0 Å². The van der Waals surface area contributed by atoms with Gasteiger partial charge in [-0.1, -0.05) is 16.9 Å². The summed E-state index contributed by atoms with van der Waals surface area (Å²) in [4.78, 5) is 28.7. The fraction of sp³-hybridized carbons (Fsp3) is 0.462. The standard InChI is InChI=1S/C13H16N2O3S2/c16-12(15-8-3-4-10(15)13(17)18)6-9-19-20-11-5-1-2-7-14-11/h1-2,5,7,10H,3-4,6,8-9H2,(H,17,18)/t10-/m0/s1. The van der Waals surface area contributed by atoms with Crippen molar-refractivity contribution in [1.82, 2.24) is 9.88 Å². The average molecular weight is 312 g/mol. The maximum Gasteiger partial charge on any atom is 0.326 e. The molecule has 0 spiro atoms. The Kier molecular flexibility index (Phi) is 5.72. The number of pyridine rings is 1. The van der Waals surface area contributed by atoms with E-state index in [1.54, 1.807) is 17.0 Å². The second-order valence-electron chi connectivity index (χ2n) is 4.41. The Morgan fingerprint density at radius 2 is 2.30 bits per heavy atom. The van der Waals surface area contributed by atoms with Gasteiger partial charge in [0.05, 0.1) is 0 Å². The van der Waals surface area contributed by atoms with Gasteiger partial charge in [0.15, 0.2) is 0 Å². The van der Waals surface area contributed by atoms with E-state index in [-0.39, 0.29) is 5.91 Å². The van der Waals surface area contributed by atoms with Gasteiger partial charge in [-0.05, 0) is 35.8 Å². The SMILES string of the molecule is O=C(O)[C@@H]1CCCN1C(=O)CCSSc1ccccn1. The first-order valence-electron chi connectivity index (χ1n) is 6.41. The fourth-order valence-corrected chi connectivity index (χ4v) is 3.95. The largest absolute Gasteiger partial charge is 0.480 e. The van der Waals surface area contributed by atoms with Gasteiger partial charge in [-0.25, -0.2) is 9.78 Å². The first-order valence-corrected chi connectivity index (χ1v) is 8.73. The number of hydrogen-bond acceptors (Lipinski definition) is 5. The predicted octanol–water partition coefficient (Wildman–Crippen LogP) is 2.29. The molecule has 5 nitrogen and oxygen atoms in total. The van der Waals surface area contributed by atoms with E-state index in [1.807, 2.05) is 18.2 Å². The zero-order valence-electron chi connectivity index (χ0n) is 10.9. The zero-order valence-corrected chi connectivity index (χ0v) is 12.5. The number of nitrogens with zero attached hydrogens (tertiary/aromatic N) is 2. The summed E-state index contributed by atoms with van der Waals surface area (Å²) in [5.74, 6) is -0.307. The zero-order chi connectivity index (χ0) is 14.4. The van der Waals surface area contributed by atoms with E-state index in [2.05, 4.69) is 4.98 Å². The number of carboxylic acids is 1. The summed E-state index contributed by atoms with van der Waals surface area (Å²) in [6.07, 6.45) is 3.44. The van der Waals surface area contributed by atoms with Crippen LogP contribution >= 0.6 is 21.6 Å². The minimum absolute atomic E-state index is 0.0657. The third-order valence-electron chi connectivity index (χ3n) is 3.04. The van der Waals surface area contributed by atoms with E-state index in [4.69, 9.17) is 5.11 Å². The molecule has 0 radical (unpaired) electrons. The van der Waals surface area contributed by atoms with Gasteiger partial charge in [0.1, 0.15) is 11.1 Å². The summed E-state index contributed by atoms with van der Waals surface area (Å²) in [6, 6.07) is 5.07. The lowest BCUT2D eigenvalue weighted by atomic mass is 10.2. The van der Waals surface area contributed by atoms with E-state index >= 15 is 0 Å². The van der Waals surface area contributed by atoms with E-state index in [0.717, 1.165) is 11.4 Å². The fourth-order valence-electron chi connectivity index (χ4n) is 2.09. The second kappa shape index (κ2) is 7.54. The summed E-state index contributed by atoms with van der Waals surface area (Å²) in [5.41, 5.74) is 0. The van der Waals surface area contributed by atoms with Gasteiger partial charge in [0, 0.05) is 24.9 Å². The number of hydrogen-bond donors (Lipinski definition) is 1. The van der Waals surface area contributed by atoms with Crippen molar-refractivity contribution < 1.29 is 14.7 Å². The van der Waals surface area contributed by atoms with Crippen molar-refractivity contribution in [3.63, 3.8) is 0 Å². The van der Waals surface area contributed by atoms with Gasteiger partial charge in [-0.3, -0.25) is 4.79 Å². The number of carbonyl (C=O) groups excluding carboxylic acids is 1. The molecule has 0 bridgehead atoms. The number of aliphatic carboxylic acids is 1. The lowest BCUT2D eigenvalue weighted by molar-refractivity contribution is -0.148. The summed E-state index contributed by atoms with van der Waals surface area (Å²) in [6.45, 7) is 0.563.